The van der Waals surface area contributed by atoms with E-state index in [1.165, 1.54) is 11.8 Å². The minimum absolute atomic E-state index is 0.0525. The number of aromatic nitrogens is 2. The molecule has 2 aromatic heterocycles. The van der Waals surface area contributed by atoms with Gasteiger partial charge in [-0.3, -0.25) is 19.5 Å². The van der Waals surface area contributed by atoms with Crippen LogP contribution in [0.25, 0.3) is 6.08 Å². The minimum Gasteiger partial charge on any atom is -0.467 e. The predicted molar refractivity (Wildman–Crippen MR) is 133 cm³/mol. The molecule has 1 aliphatic heterocycles. The molecule has 8 nitrogen and oxygen atoms in total. The maximum Gasteiger partial charge on any atom is 0.274 e. The standard InChI is InChI=1S/C27H31N5O3/c1-22-19-29-25(20-28-22)27(34)32(21-24-10-6-18-35-24)13-11-26(33)31-16-14-30(15-17-31)12-5-9-23-7-3-2-4-8-23/h2-10,18-20H,11-17,21H2,1H3. The van der Waals surface area contributed by atoms with Crippen LogP contribution >= 0.6 is 0 Å². The Morgan fingerprint density at radius 1 is 1.03 bits per heavy atom. The van der Waals surface area contributed by atoms with E-state index < -0.39 is 0 Å². The molecule has 1 aliphatic rings. The van der Waals surface area contributed by atoms with Crippen molar-refractivity contribution in [3.05, 3.63) is 89.9 Å². The maximum absolute atomic E-state index is 13.1. The average Bonchev–Trinajstić information content (AvgIpc) is 3.41. The number of piperazine rings is 1. The lowest BCUT2D eigenvalue weighted by atomic mass is 10.2. The number of carbonyl (C=O) groups is 2. The lowest BCUT2D eigenvalue weighted by molar-refractivity contribution is -0.133. The van der Waals surface area contributed by atoms with E-state index in [0.29, 0.717) is 18.8 Å². The summed E-state index contributed by atoms with van der Waals surface area (Å²) in [6.07, 6.45) is 9.15. The van der Waals surface area contributed by atoms with Gasteiger partial charge in [0.2, 0.25) is 5.91 Å². The van der Waals surface area contributed by atoms with E-state index in [9.17, 15) is 9.59 Å². The average molecular weight is 474 g/mol. The van der Waals surface area contributed by atoms with Crippen molar-refractivity contribution < 1.29 is 14.0 Å². The van der Waals surface area contributed by atoms with Crippen molar-refractivity contribution in [3.63, 3.8) is 0 Å². The van der Waals surface area contributed by atoms with E-state index in [4.69, 9.17) is 4.42 Å². The number of carbonyl (C=O) groups excluding carboxylic acids is 2. The second kappa shape index (κ2) is 12.1. The lowest BCUT2D eigenvalue weighted by Gasteiger charge is -2.34. The molecule has 1 fully saturated rings. The molecule has 1 aromatic carbocycles. The van der Waals surface area contributed by atoms with Crippen LogP contribution in [0.5, 0.6) is 0 Å². The molecule has 0 aliphatic carbocycles. The molecule has 1 saturated heterocycles. The smallest absolute Gasteiger partial charge is 0.274 e. The Bertz CT molecular complexity index is 1110. The van der Waals surface area contributed by atoms with Gasteiger partial charge in [0.1, 0.15) is 11.5 Å². The molecule has 0 bridgehead atoms. The first-order valence-electron chi connectivity index (χ1n) is 11.9. The van der Waals surface area contributed by atoms with E-state index in [1.807, 2.05) is 36.1 Å². The van der Waals surface area contributed by atoms with Gasteiger partial charge in [-0.2, -0.15) is 0 Å². The highest BCUT2D eigenvalue weighted by Crippen LogP contribution is 2.12. The van der Waals surface area contributed by atoms with Gasteiger partial charge >= 0.3 is 0 Å². The maximum atomic E-state index is 13.1. The third-order valence-corrected chi connectivity index (χ3v) is 6.01. The summed E-state index contributed by atoms with van der Waals surface area (Å²) in [6.45, 7) is 6.28. The number of hydrogen-bond donors (Lipinski definition) is 0. The largest absolute Gasteiger partial charge is 0.467 e. The van der Waals surface area contributed by atoms with Crippen LogP contribution in [0.3, 0.4) is 0 Å². The van der Waals surface area contributed by atoms with Crippen LogP contribution < -0.4 is 0 Å². The van der Waals surface area contributed by atoms with Crippen LogP contribution in [0.15, 0.2) is 71.6 Å². The summed E-state index contributed by atoms with van der Waals surface area (Å²) in [6, 6.07) is 13.8. The summed E-state index contributed by atoms with van der Waals surface area (Å²) < 4.78 is 5.43. The van der Waals surface area contributed by atoms with Crippen molar-refractivity contribution in [2.24, 2.45) is 0 Å². The van der Waals surface area contributed by atoms with Crippen LogP contribution in [0.2, 0.25) is 0 Å². The van der Waals surface area contributed by atoms with Crippen molar-refractivity contribution in [3.8, 4) is 0 Å². The summed E-state index contributed by atoms with van der Waals surface area (Å²) in [5.74, 6) is 0.441. The van der Waals surface area contributed by atoms with E-state index in [1.54, 1.807) is 23.4 Å². The first-order chi connectivity index (χ1) is 17.1. The Kier molecular flexibility index (Phi) is 8.40. The fourth-order valence-corrected chi connectivity index (χ4v) is 3.98. The van der Waals surface area contributed by atoms with Gasteiger partial charge in [0.15, 0.2) is 0 Å². The van der Waals surface area contributed by atoms with Crippen molar-refractivity contribution in [1.82, 2.24) is 24.7 Å². The molecule has 3 aromatic rings. The molecular weight excluding hydrogens is 442 g/mol. The predicted octanol–water partition coefficient (Wildman–Crippen LogP) is 3.27. The molecule has 0 unspecified atom stereocenters. The van der Waals surface area contributed by atoms with Crippen molar-refractivity contribution in [2.45, 2.75) is 19.9 Å². The number of furan rings is 1. The Morgan fingerprint density at radius 3 is 2.51 bits per heavy atom. The zero-order valence-corrected chi connectivity index (χ0v) is 20.0. The third-order valence-electron chi connectivity index (χ3n) is 6.01. The fourth-order valence-electron chi connectivity index (χ4n) is 3.98. The van der Waals surface area contributed by atoms with Crippen molar-refractivity contribution in [2.75, 3.05) is 39.3 Å². The van der Waals surface area contributed by atoms with Gasteiger partial charge in [0.05, 0.1) is 24.7 Å². The molecule has 8 heteroatoms. The number of aryl methyl sites for hydroxylation is 1. The molecule has 182 valence electrons. The SMILES string of the molecule is Cc1cnc(C(=O)N(CCC(=O)N2CCN(CC=Cc3ccccc3)CC2)Cc2ccco2)cn1. The molecule has 0 N–H and O–H groups in total. The first-order valence-corrected chi connectivity index (χ1v) is 11.9. The molecule has 0 atom stereocenters. The van der Waals surface area contributed by atoms with Crippen LogP contribution in [0.1, 0.15) is 33.9 Å². The van der Waals surface area contributed by atoms with Crippen molar-refractivity contribution >= 4 is 17.9 Å². The molecule has 0 radical (unpaired) electrons. The van der Waals surface area contributed by atoms with Gasteiger partial charge in [-0.05, 0) is 24.6 Å². The molecule has 3 heterocycles. The number of nitrogens with zero attached hydrogens (tertiary/aromatic N) is 5. The fraction of sp³-hybridized carbons (Fsp3) is 0.333. The Hall–Kier alpha value is -3.78. The van der Waals surface area contributed by atoms with Gasteiger partial charge in [-0.1, -0.05) is 42.5 Å². The van der Waals surface area contributed by atoms with Gasteiger partial charge in [0.25, 0.3) is 5.91 Å². The molecule has 4 rings (SSSR count). The summed E-state index contributed by atoms with van der Waals surface area (Å²) in [4.78, 5) is 40.2. The van der Waals surface area contributed by atoms with E-state index in [2.05, 4.69) is 39.2 Å². The van der Waals surface area contributed by atoms with Gasteiger partial charge in [-0.15, -0.1) is 0 Å². The highest BCUT2D eigenvalue weighted by atomic mass is 16.3. The second-order valence-corrected chi connectivity index (χ2v) is 8.59. The Balaban J connectivity index is 1.27. The Labute approximate surface area is 205 Å². The lowest BCUT2D eigenvalue weighted by Crippen LogP contribution is -2.49. The number of hydrogen-bond acceptors (Lipinski definition) is 6. The Morgan fingerprint density at radius 2 is 1.83 bits per heavy atom. The van der Waals surface area contributed by atoms with Crippen molar-refractivity contribution in [1.29, 1.82) is 0 Å². The number of rotatable bonds is 9. The van der Waals surface area contributed by atoms with Crippen LogP contribution in [0.4, 0.5) is 0 Å². The zero-order valence-electron chi connectivity index (χ0n) is 20.0. The first kappa shape index (κ1) is 24.3. The third kappa shape index (κ3) is 7.10. The summed E-state index contributed by atoms with van der Waals surface area (Å²) >= 11 is 0. The number of benzene rings is 1. The second-order valence-electron chi connectivity index (χ2n) is 8.59. The van der Waals surface area contributed by atoms with Crippen LogP contribution in [-0.4, -0.2) is 75.8 Å². The quantitative estimate of drug-likeness (QED) is 0.474. The van der Waals surface area contributed by atoms with Gasteiger partial charge < -0.3 is 14.2 Å². The van der Waals surface area contributed by atoms with Crippen LogP contribution in [-0.2, 0) is 11.3 Å². The molecule has 0 spiro atoms. The molecule has 2 amide bonds. The van der Waals surface area contributed by atoms with Gasteiger partial charge in [0, 0.05) is 51.9 Å². The topological polar surface area (TPSA) is 82.8 Å². The van der Waals surface area contributed by atoms with Gasteiger partial charge in [-0.25, -0.2) is 4.98 Å². The molecule has 35 heavy (non-hydrogen) atoms. The highest BCUT2D eigenvalue weighted by molar-refractivity contribution is 5.92. The minimum atomic E-state index is -0.267. The monoisotopic (exact) mass is 473 g/mol. The summed E-state index contributed by atoms with van der Waals surface area (Å²) in [5.41, 5.74) is 2.18. The van der Waals surface area contributed by atoms with E-state index in [-0.39, 0.29) is 37.0 Å². The zero-order chi connectivity index (χ0) is 24.5. The normalized spacial score (nSPS) is 14.4. The van der Waals surface area contributed by atoms with E-state index >= 15 is 0 Å². The van der Waals surface area contributed by atoms with E-state index in [0.717, 1.165) is 25.3 Å². The summed E-state index contributed by atoms with van der Waals surface area (Å²) in [5, 5.41) is 0. The molecule has 0 saturated carbocycles. The summed E-state index contributed by atoms with van der Waals surface area (Å²) in [7, 11) is 0. The molecular formula is C27H31N5O3. The van der Waals surface area contributed by atoms with Crippen LogP contribution in [0, 0.1) is 6.92 Å². The highest BCUT2D eigenvalue weighted by Gasteiger charge is 2.24. The number of amides is 2.